The Morgan fingerprint density at radius 2 is 1.92 bits per heavy atom. The zero-order chi connectivity index (χ0) is 9.42. The highest BCUT2D eigenvalue weighted by Crippen LogP contribution is 2.14. The molecule has 4 nitrogen and oxygen atoms in total. The predicted molar refractivity (Wildman–Crippen MR) is 46.0 cm³/mol. The Balaban J connectivity index is 3.03. The number of benzene rings is 1. The number of hydrogen-bond donors (Lipinski definition) is 0. The van der Waals surface area contributed by atoms with Crippen molar-refractivity contribution in [2.75, 3.05) is 0 Å². The van der Waals surface area contributed by atoms with Crippen LogP contribution in [0.2, 0.25) is 5.02 Å². The number of rotatable bonds is 0. The lowest BCUT2D eigenvalue weighted by Gasteiger charge is -1.92. The molecular formula is C8H3ClO4. The summed E-state index contributed by atoms with van der Waals surface area (Å²) in [5.74, 6) is -1.03. The molecule has 0 aliphatic heterocycles. The number of hydrogen-bond acceptors (Lipinski definition) is 4. The number of halogens is 1. The van der Waals surface area contributed by atoms with Gasteiger partial charge < -0.3 is 8.83 Å². The van der Waals surface area contributed by atoms with E-state index in [-0.39, 0.29) is 11.0 Å². The van der Waals surface area contributed by atoms with Gasteiger partial charge in [-0.15, -0.1) is 0 Å². The molecule has 66 valence electrons. The molecule has 0 N–H and O–H groups in total. The first-order valence-corrected chi connectivity index (χ1v) is 3.78. The molecule has 0 spiro atoms. The lowest BCUT2D eigenvalue weighted by atomic mass is 10.3. The van der Waals surface area contributed by atoms with Crippen LogP contribution in [0.4, 0.5) is 0 Å². The van der Waals surface area contributed by atoms with E-state index in [1.54, 1.807) is 0 Å². The van der Waals surface area contributed by atoms with Crippen molar-refractivity contribution in [1.82, 2.24) is 0 Å². The Bertz CT molecular complexity index is 566. The van der Waals surface area contributed by atoms with Crippen LogP contribution in [0.25, 0.3) is 11.0 Å². The third-order valence-electron chi connectivity index (χ3n) is 1.53. The van der Waals surface area contributed by atoms with Crippen LogP contribution in [0, 0.1) is 0 Å². The van der Waals surface area contributed by atoms with Gasteiger partial charge in [-0.2, -0.15) is 0 Å². The van der Waals surface area contributed by atoms with Crippen molar-refractivity contribution in [3.63, 3.8) is 0 Å². The van der Waals surface area contributed by atoms with Crippen molar-refractivity contribution in [1.29, 1.82) is 0 Å². The van der Waals surface area contributed by atoms with Gasteiger partial charge in [0.15, 0.2) is 5.58 Å². The topological polar surface area (TPSA) is 60.4 Å². The van der Waals surface area contributed by atoms with Gasteiger partial charge in [-0.3, -0.25) is 0 Å². The number of fused-ring (bicyclic) bond motifs is 1. The van der Waals surface area contributed by atoms with E-state index in [2.05, 4.69) is 8.83 Å². The molecule has 0 aliphatic rings. The predicted octanol–water partition coefficient (Wildman–Crippen LogP) is 1.40. The molecule has 2 rings (SSSR count). The van der Waals surface area contributed by atoms with Gasteiger partial charge in [0.2, 0.25) is 0 Å². The van der Waals surface area contributed by atoms with Crippen LogP contribution >= 0.6 is 11.6 Å². The van der Waals surface area contributed by atoms with Gasteiger partial charge in [0.25, 0.3) is 0 Å². The van der Waals surface area contributed by atoms with Gasteiger partial charge in [-0.05, 0) is 12.1 Å². The van der Waals surface area contributed by atoms with Crippen LogP contribution in [0.3, 0.4) is 0 Å². The monoisotopic (exact) mass is 198 g/mol. The summed E-state index contributed by atoms with van der Waals surface area (Å²) in [6.07, 6.45) is 0. The van der Waals surface area contributed by atoms with Crippen molar-refractivity contribution < 1.29 is 8.83 Å². The second kappa shape index (κ2) is 2.74. The van der Waals surface area contributed by atoms with Gasteiger partial charge in [-0.1, -0.05) is 11.6 Å². The van der Waals surface area contributed by atoms with E-state index in [9.17, 15) is 9.59 Å². The van der Waals surface area contributed by atoms with E-state index in [0.717, 1.165) is 0 Å². The van der Waals surface area contributed by atoms with E-state index >= 15 is 0 Å². The van der Waals surface area contributed by atoms with Gasteiger partial charge in [0.1, 0.15) is 5.39 Å². The zero-order valence-electron chi connectivity index (χ0n) is 6.24. The maximum Gasteiger partial charge on any atom is 0.522 e. The van der Waals surface area contributed by atoms with E-state index in [4.69, 9.17) is 11.6 Å². The SMILES string of the molecule is O=c1oc(=O)c2ccc(Cl)cc2o1. The first-order valence-electron chi connectivity index (χ1n) is 3.40. The fraction of sp³-hybridized carbons (Fsp3) is 0. The molecule has 1 heterocycles. The van der Waals surface area contributed by atoms with Gasteiger partial charge in [0, 0.05) is 11.1 Å². The van der Waals surface area contributed by atoms with Crippen LogP contribution in [-0.4, -0.2) is 0 Å². The minimum absolute atomic E-state index is 0.133. The van der Waals surface area contributed by atoms with Crippen LogP contribution in [0.5, 0.6) is 0 Å². The molecule has 0 radical (unpaired) electrons. The Labute approximate surface area is 76.3 Å². The molecule has 2 aromatic rings. The fourth-order valence-electron chi connectivity index (χ4n) is 0.991. The van der Waals surface area contributed by atoms with Gasteiger partial charge in [0.05, 0.1) is 0 Å². The van der Waals surface area contributed by atoms with Crippen LogP contribution in [-0.2, 0) is 0 Å². The lowest BCUT2D eigenvalue weighted by molar-refractivity contribution is 0.328. The highest BCUT2D eigenvalue weighted by Gasteiger charge is 2.04. The summed E-state index contributed by atoms with van der Waals surface area (Å²) in [7, 11) is 0. The normalized spacial score (nSPS) is 10.5. The van der Waals surface area contributed by atoms with E-state index in [0.29, 0.717) is 5.02 Å². The van der Waals surface area contributed by atoms with Gasteiger partial charge >= 0.3 is 11.4 Å². The Morgan fingerprint density at radius 3 is 2.69 bits per heavy atom. The maximum absolute atomic E-state index is 11.0. The smallest absolute Gasteiger partial charge is 0.394 e. The van der Waals surface area contributed by atoms with Crippen LogP contribution in [0.15, 0.2) is 36.6 Å². The fourth-order valence-corrected chi connectivity index (χ4v) is 1.15. The second-order valence-electron chi connectivity index (χ2n) is 2.38. The molecule has 0 saturated carbocycles. The van der Waals surface area contributed by atoms with Gasteiger partial charge in [-0.25, -0.2) is 9.59 Å². The molecule has 0 amide bonds. The maximum atomic E-state index is 11.0. The summed E-state index contributed by atoms with van der Waals surface area (Å²) < 4.78 is 8.83. The highest BCUT2D eigenvalue weighted by molar-refractivity contribution is 6.31. The third kappa shape index (κ3) is 1.36. The molecule has 0 atom stereocenters. The van der Waals surface area contributed by atoms with Crippen molar-refractivity contribution in [2.45, 2.75) is 0 Å². The molecule has 0 bridgehead atoms. The molecule has 0 fully saturated rings. The highest BCUT2D eigenvalue weighted by atomic mass is 35.5. The minimum atomic E-state index is -1.03. The first-order chi connectivity index (χ1) is 6.16. The van der Waals surface area contributed by atoms with E-state index < -0.39 is 11.4 Å². The Hall–Kier alpha value is -1.55. The minimum Gasteiger partial charge on any atom is -0.394 e. The van der Waals surface area contributed by atoms with Crippen molar-refractivity contribution in [2.24, 2.45) is 0 Å². The quantitative estimate of drug-likeness (QED) is 0.642. The van der Waals surface area contributed by atoms with Crippen LogP contribution < -0.4 is 11.4 Å². The summed E-state index contributed by atoms with van der Waals surface area (Å²) >= 11 is 5.63. The molecule has 1 aromatic heterocycles. The average Bonchev–Trinajstić information content (AvgIpc) is 2.02. The summed E-state index contributed by atoms with van der Waals surface area (Å²) in [6, 6.07) is 4.34. The molecule has 13 heavy (non-hydrogen) atoms. The first kappa shape index (κ1) is 8.07. The molecule has 0 aliphatic carbocycles. The third-order valence-corrected chi connectivity index (χ3v) is 1.77. The molecule has 5 heteroatoms. The van der Waals surface area contributed by atoms with E-state index in [1.165, 1.54) is 18.2 Å². The largest absolute Gasteiger partial charge is 0.522 e. The molecule has 0 unspecified atom stereocenters. The second-order valence-corrected chi connectivity index (χ2v) is 2.82. The lowest BCUT2D eigenvalue weighted by Crippen LogP contribution is -2.09. The average molecular weight is 199 g/mol. The summed E-state index contributed by atoms with van der Waals surface area (Å²) in [6.45, 7) is 0. The van der Waals surface area contributed by atoms with E-state index in [1.807, 2.05) is 0 Å². The molecule has 0 saturated heterocycles. The Kier molecular flexibility index (Phi) is 1.70. The standard InChI is InChI=1S/C8H3ClO4/c9-4-1-2-5-6(3-4)12-8(11)13-7(5)10/h1-3H. The van der Waals surface area contributed by atoms with Crippen molar-refractivity contribution >= 4 is 22.6 Å². The van der Waals surface area contributed by atoms with Crippen molar-refractivity contribution in [3.8, 4) is 0 Å². The molecule has 1 aromatic carbocycles. The summed E-state index contributed by atoms with van der Waals surface area (Å²) in [5.41, 5.74) is -0.586. The summed E-state index contributed by atoms with van der Waals surface area (Å²) in [5, 5.41) is 0.588. The summed E-state index contributed by atoms with van der Waals surface area (Å²) in [4.78, 5) is 21.7. The molecular weight excluding hydrogens is 196 g/mol. The van der Waals surface area contributed by atoms with Crippen LogP contribution in [0.1, 0.15) is 0 Å². The zero-order valence-corrected chi connectivity index (χ0v) is 7.00. The van der Waals surface area contributed by atoms with Crippen molar-refractivity contribution in [3.05, 3.63) is 44.3 Å². The Morgan fingerprint density at radius 1 is 1.15 bits per heavy atom.